The molecule has 0 saturated carbocycles. The largest absolute Gasteiger partial charge is 0.343 e. The van der Waals surface area contributed by atoms with Gasteiger partial charge in [0.05, 0.1) is 4.92 Å². The lowest BCUT2D eigenvalue weighted by molar-refractivity contribution is -0.384. The number of nitrogens with zero attached hydrogens (tertiary/aromatic N) is 2. The lowest BCUT2D eigenvalue weighted by atomic mass is 10.1. The minimum atomic E-state index is -0.398. The van der Waals surface area contributed by atoms with E-state index in [0.29, 0.717) is 10.5 Å². The number of aromatic nitrogens is 2. The van der Waals surface area contributed by atoms with Gasteiger partial charge in [0.2, 0.25) is 0 Å². The van der Waals surface area contributed by atoms with Gasteiger partial charge in [-0.1, -0.05) is 18.3 Å². The molecule has 0 aliphatic heterocycles. The van der Waals surface area contributed by atoms with E-state index >= 15 is 0 Å². The highest BCUT2D eigenvalue weighted by atomic mass is 32.1. The minimum absolute atomic E-state index is 0.0622. The van der Waals surface area contributed by atoms with Crippen LogP contribution in [-0.2, 0) is 12.8 Å². The van der Waals surface area contributed by atoms with Crippen molar-refractivity contribution in [1.82, 2.24) is 9.97 Å². The van der Waals surface area contributed by atoms with Gasteiger partial charge >= 0.3 is 0 Å². The van der Waals surface area contributed by atoms with Gasteiger partial charge in [0.1, 0.15) is 10.5 Å². The molecule has 1 heterocycles. The Morgan fingerprint density at radius 2 is 2.20 bits per heavy atom. The quantitative estimate of drug-likeness (QED) is 0.521. The molecule has 102 valence electrons. The first-order valence-electron chi connectivity index (χ1n) is 6.44. The zero-order chi connectivity index (χ0) is 14.3. The van der Waals surface area contributed by atoms with Crippen LogP contribution in [0.2, 0.25) is 0 Å². The third-order valence-electron chi connectivity index (χ3n) is 3.65. The number of hydrogen-bond acceptors (Lipinski definition) is 4. The zero-order valence-corrected chi connectivity index (χ0v) is 11.8. The van der Waals surface area contributed by atoms with Crippen LogP contribution >= 0.6 is 12.2 Å². The second-order valence-corrected chi connectivity index (χ2v) is 5.34. The maximum Gasteiger partial charge on any atom is 0.270 e. The molecule has 6 heteroatoms. The number of nitrogens with one attached hydrogen (secondary N) is 1. The molecule has 0 amide bonds. The molecule has 5 nitrogen and oxygen atoms in total. The van der Waals surface area contributed by atoms with Crippen molar-refractivity contribution in [2.24, 2.45) is 0 Å². The number of aromatic amines is 1. The molecule has 0 atom stereocenters. The lowest BCUT2D eigenvalue weighted by Crippen LogP contribution is -1.99. The Balaban J connectivity index is 2.19. The van der Waals surface area contributed by atoms with E-state index < -0.39 is 4.92 Å². The van der Waals surface area contributed by atoms with Gasteiger partial charge in [-0.25, -0.2) is 4.98 Å². The summed E-state index contributed by atoms with van der Waals surface area (Å²) in [6.45, 7) is 1.91. The Hall–Kier alpha value is -2.08. The van der Waals surface area contributed by atoms with Gasteiger partial charge in [-0.15, -0.1) is 0 Å². The summed E-state index contributed by atoms with van der Waals surface area (Å²) in [4.78, 5) is 18.2. The van der Waals surface area contributed by atoms with Gasteiger partial charge in [-0.3, -0.25) is 10.1 Å². The van der Waals surface area contributed by atoms with E-state index in [1.807, 2.05) is 6.92 Å². The summed E-state index contributed by atoms with van der Waals surface area (Å²) in [5, 5.41) is 10.9. The standard InChI is InChI=1S/C14H13N3O2S/c1-8-5-6-9(17(18)19)7-11(8)13-15-12-4-2-3-10(12)14(20)16-13/h5-7H,2-4H2,1H3,(H,15,16,20). The number of nitro benzene ring substituents is 1. The van der Waals surface area contributed by atoms with Gasteiger partial charge in [0.25, 0.3) is 5.69 Å². The van der Waals surface area contributed by atoms with Gasteiger partial charge in [0.15, 0.2) is 0 Å². The van der Waals surface area contributed by atoms with E-state index in [0.717, 1.165) is 41.6 Å². The molecule has 0 radical (unpaired) electrons. The first-order valence-corrected chi connectivity index (χ1v) is 6.84. The van der Waals surface area contributed by atoms with E-state index in [-0.39, 0.29) is 5.69 Å². The predicted molar refractivity (Wildman–Crippen MR) is 78.3 cm³/mol. The Bertz CT molecular complexity index is 767. The highest BCUT2D eigenvalue weighted by Crippen LogP contribution is 2.28. The third-order valence-corrected chi connectivity index (χ3v) is 3.98. The molecule has 1 aliphatic rings. The number of aryl methyl sites for hydroxylation is 2. The van der Waals surface area contributed by atoms with Crippen molar-refractivity contribution < 1.29 is 4.92 Å². The van der Waals surface area contributed by atoms with Crippen LogP contribution < -0.4 is 0 Å². The van der Waals surface area contributed by atoms with Crippen LogP contribution in [0, 0.1) is 21.7 Å². The monoisotopic (exact) mass is 287 g/mol. The van der Waals surface area contributed by atoms with Crippen molar-refractivity contribution in [2.75, 3.05) is 0 Å². The molecule has 0 fully saturated rings. The lowest BCUT2D eigenvalue weighted by Gasteiger charge is -2.08. The number of hydrogen-bond donors (Lipinski definition) is 1. The van der Waals surface area contributed by atoms with Crippen LogP contribution in [-0.4, -0.2) is 14.9 Å². The number of H-pyrrole nitrogens is 1. The molecule has 1 N–H and O–H groups in total. The molecule has 20 heavy (non-hydrogen) atoms. The molecule has 1 aliphatic carbocycles. The van der Waals surface area contributed by atoms with E-state index in [4.69, 9.17) is 12.2 Å². The number of fused-ring (bicyclic) bond motifs is 1. The first kappa shape index (κ1) is 12.9. The van der Waals surface area contributed by atoms with E-state index in [1.54, 1.807) is 12.1 Å². The van der Waals surface area contributed by atoms with E-state index in [1.165, 1.54) is 6.07 Å². The van der Waals surface area contributed by atoms with Crippen LogP contribution in [0.1, 0.15) is 23.2 Å². The Labute approximate surface area is 120 Å². The molecule has 0 bridgehead atoms. The third kappa shape index (κ3) is 2.12. The van der Waals surface area contributed by atoms with Crippen molar-refractivity contribution in [3.05, 3.63) is 49.8 Å². The highest BCUT2D eigenvalue weighted by Gasteiger charge is 2.17. The summed E-state index contributed by atoms with van der Waals surface area (Å²) < 4.78 is 0.608. The zero-order valence-electron chi connectivity index (χ0n) is 11.0. The Morgan fingerprint density at radius 1 is 1.40 bits per heavy atom. The minimum Gasteiger partial charge on any atom is -0.343 e. The average Bonchev–Trinajstić information content (AvgIpc) is 2.87. The second-order valence-electron chi connectivity index (χ2n) is 4.96. The average molecular weight is 287 g/mol. The van der Waals surface area contributed by atoms with Gasteiger partial charge in [-0.2, -0.15) is 0 Å². The first-order chi connectivity index (χ1) is 9.56. The smallest absolute Gasteiger partial charge is 0.270 e. The summed E-state index contributed by atoms with van der Waals surface area (Å²) in [6, 6.07) is 4.78. The van der Waals surface area contributed by atoms with Gasteiger partial charge < -0.3 is 4.98 Å². The molecule has 1 aromatic carbocycles. The number of nitro groups is 1. The van der Waals surface area contributed by atoms with Crippen molar-refractivity contribution in [1.29, 1.82) is 0 Å². The fourth-order valence-electron chi connectivity index (χ4n) is 2.56. The SMILES string of the molecule is Cc1ccc([N+](=O)[O-])cc1-c1nc(=S)c2c([nH]1)CCC2. The summed E-state index contributed by atoms with van der Waals surface area (Å²) in [6.07, 6.45) is 3.00. The topological polar surface area (TPSA) is 71.8 Å². The van der Waals surface area contributed by atoms with Gasteiger partial charge in [0, 0.05) is 29.0 Å². The summed E-state index contributed by atoms with van der Waals surface area (Å²) in [5.74, 6) is 0.622. The number of rotatable bonds is 2. The van der Waals surface area contributed by atoms with Crippen molar-refractivity contribution >= 4 is 17.9 Å². The molecule has 0 saturated heterocycles. The van der Waals surface area contributed by atoms with E-state index in [9.17, 15) is 10.1 Å². The van der Waals surface area contributed by atoms with Crippen LogP contribution in [0.3, 0.4) is 0 Å². The molecule has 2 aromatic rings. The Morgan fingerprint density at radius 3 is 2.95 bits per heavy atom. The molecule has 0 spiro atoms. The normalized spacial score (nSPS) is 13.2. The summed E-state index contributed by atoms with van der Waals surface area (Å²) in [5.41, 5.74) is 3.97. The number of non-ortho nitro benzene ring substituents is 1. The molecular weight excluding hydrogens is 274 g/mol. The molecule has 1 aromatic heterocycles. The Kier molecular flexibility index (Phi) is 3.10. The predicted octanol–water partition coefficient (Wildman–Crippen LogP) is 3.51. The molecular formula is C14H13N3O2S. The maximum absolute atomic E-state index is 10.9. The second kappa shape index (κ2) is 4.79. The molecule has 0 unspecified atom stereocenters. The maximum atomic E-state index is 10.9. The van der Waals surface area contributed by atoms with E-state index in [2.05, 4.69) is 9.97 Å². The fraction of sp³-hybridized carbons (Fsp3) is 0.286. The van der Waals surface area contributed by atoms with Crippen LogP contribution in [0.15, 0.2) is 18.2 Å². The molecule has 3 rings (SSSR count). The number of benzene rings is 1. The summed E-state index contributed by atoms with van der Waals surface area (Å²) >= 11 is 5.33. The van der Waals surface area contributed by atoms with Gasteiger partial charge in [-0.05, 0) is 31.7 Å². The highest BCUT2D eigenvalue weighted by molar-refractivity contribution is 7.71. The van der Waals surface area contributed by atoms with Crippen molar-refractivity contribution in [3.8, 4) is 11.4 Å². The fourth-order valence-corrected chi connectivity index (χ4v) is 2.88. The van der Waals surface area contributed by atoms with Crippen molar-refractivity contribution in [3.63, 3.8) is 0 Å². The van der Waals surface area contributed by atoms with Crippen LogP contribution in [0.5, 0.6) is 0 Å². The van der Waals surface area contributed by atoms with Crippen LogP contribution in [0.4, 0.5) is 5.69 Å². The van der Waals surface area contributed by atoms with Crippen LogP contribution in [0.25, 0.3) is 11.4 Å². The van der Waals surface area contributed by atoms with Crippen molar-refractivity contribution in [2.45, 2.75) is 26.2 Å². The summed E-state index contributed by atoms with van der Waals surface area (Å²) in [7, 11) is 0.